The Kier molecular flexibility index (Phi) is 4.72. The molecular weight excluding hydrogens is 308 g/mol. The number of benzene rings is 1. The predicted octanol–water partition coefficient (Wildman–Crippen LogP) is 1.78. The first kappa shape index (κ1) is 15.9. The summed E-state index contributed by atoms with van der Waals surface area (Å²) >= 11 is 0. The number of nitrogens with zero attached hydrogens (tertiary/aromatic N) is 3. The van der Waals surface area contributed by atoms with Crippen LogP contribution in [0.1, 0.15) is 10.5 Å². The van der Waals surface area contributed by atoms with Crippen LogP contribution in [0.4, 0.5) is 0 Å². The van der Waals surface area contributed by atoms with Gasteiger partial charge in [0, 0.05) is 37.8 Å². The fourth-order valence-electron chi connectivity index (χ4n) is 2.34. The maximum absolute atomic E-state index is 12.1. The van der Waals surface area contributed by atoms with Crippen molar-refractivity contribution in [1.82, 2.24) is 19.7 Å². The van der Waals surface area contributed by atoms with E-state index in [-0.39, 0.29) is 5.91 Å². The number of imidazole rings is 1. The highest BCUT2D eigenvalue weighted by molar-refractivity contribution is 5.93. The van der Waals surface area contributed by atoms with E-state index in [1.54, 1.807) is 37.2 Å². The maximum atomic E-state index is 12.1. The van der Waals surface area contributed by atoms with Crippen LogP contribution < -0.4 is 10.1 Å². The van der Waals surface area contributed by atoms with Crippen molar-refractivity contribution in [3.05, 3.63) is 48.5 Å². The Morgan fingerprint density at radius 2 is 2.04 bits per heavy atom. The Morgan fingerprint density at radius 1 is 1.25 bits per heavy atom. The van der Waals surface area contributed by atoms with E-state index in [4.69, 9.17) is 9.47 Å². The molecule has 0 bridgehead atoms. The first-order chi connectivity index (χ1) is 11.7. The monoisotopic (exact) mass is 326 g/mol. The third-order valence-corrected chi connectivity index (χ3v) is 3.56. The number of fused-ring (bicyclic) bond motifs is 1. The second kappa shape index (κ2) is 7.10. The number of carbonyl (C=O) groups is 1. The SMILES string of the molecule is COCCNC(=O)c1cn2ccnc(-c3ccc(OC)cc3)c2n1. The minimum atomic E-state index is -0.239. The molecule has 0 unspecified atom stereocenters. The summed E-state index contributed by atoms with van der Waals surface area (Å²) in [6.45, 7) is 0.893. The maximum Gasteiger partial charge on any atom is 0.271 e. The zero-order valence-corrected chi connectivity index (χ0v) is 13.5. The summed E-state index contributed by atoms with van der Waals surface area (Å²) < 4.78 is 11.9. The van der Waals surface area contributed by atoms with Gasteiger partial charge in [-0.2, -0.15) is 0 Å². The molecule has 0 saturated heterocycles. The smallest absolute Gasteiger partial charge is 0.271 e. The molecule has 0 aliphatic heterocycles. The molecule has 2 heterocycles. The molecule has 0 aliphatic carbocycles. The highest BCUT2D eigenvalue weighted by Crippen LogP contribution is 2.24. The summed E-state index contributed by atoms with van der Waals surface area (Å²) in [6.07, 6.45) is 5.13. The first-order valence-corrected chi connectivity index (χ1v) is 7.48. The second-order valence-electron chi connectivity index (χ2n) is 5.11. The summed E-state index contributed by atoms with van der Waals surface area (Å²) in [4.78, 5) is 21.0. The number of ether oxygens (including phenoxy) is 2. The molecule has 24 heavy (non-hydrogen) atoms. The van der Waals surface area contributed by atoms with Crippen molar-refractivity contribution >= 4 is 11.6 Å². The van der Waals surface area contributed by atoms with Gasteiger partial charge >= 0.3 is 0 Å². The Morgan fingerprint density at radius 3 is 2.75 bits per heavy atom. The van der Waals surface area contributed by atoms with Gasteiger partial charge in [0.15, 0.2) is 5.65 Å². The molecule has 0 fully saturated rings. The van der Waals surface area contributed by atoms with Crippen LogP contribution in [0.3, 0.4) is 0 Å². The minimum absolute atomic E-state index is 0.239. The van der Waals surface area contributed by atoms with Gasteiger partial charge in [-0.25, -0.2) is 4.98 Å². The van der Waals surface area contributed by atoms with Gasteiger partial charge in [0.2, 0.25) is 0 Å². The van der Waals surface area contributed by atoms with Gasteiger partial charge in [-0.3, -0.25) is 9.78 Å². The molecular formula is C17H18N4O3. The fourth-order valence-corrected chi connectivity index (χ4v) is 2.34. The van der Waals surface area contributed by atoms with E-state index in [0.717, 1.165) is 11.3 Å². The zero-order valence-electron chi connectivity index (χ0n) is 13.5. The molecule has 0 aliphatic rings. The van der Waals surface area contributed by atoms with E-state index in [1.807, 2.05) is 24.3 Å². The highest BCUT2D eigenvalue weighted by atomic mass is 16.5. The highest BCUT2D eigenvalue weighted by Gasteiger charge is 2.14. The van der Waals surface area contributed by atoms with Crippen LogP contribution in [-0.4, -0.2) is 47.6 Å². The van der Waals surface area contributed by atoms with E-state index in [9.17, 15) is 4.79 Å². The van der Waals surface area contributed by atoms with Gasteiger partial charge in [-0.05, 0) is 24.3 Å². The van der Waals surface area contributed by atoms with Gasteiger partial charge in [0.05, 0.1) is 13.7 Å². The normalized spacial score (nSPS) is 10.8. The molecule has 1 aromatic carbocycles. The number of hydrogen-bond donors (Lipinski definition) is 1. The molecule has 1 amide bonds. The lowest BCUT2D eigenvalue weighted by Crippen LogP contribution is -2.27. The van der Waals surface area contributed by atoms with Gasteiger partial charge in [0.25, 0.3) is 5.91 Å². The molecule has 7 nitrogen and oxygen atoms in total. The average molecular weight is 326 g/mol. The predicted molar refractivity (Wildman–Crippen MR) is 89.2 cm³/mol. The number of aromatic nitrogens is 3. The van der Waals surface area contributed by atoms with Gasteiger partial charge in [-0.15, -0.1) is 0 Å². The van der Waals surface area contributed by atoms with Crippen LogP contribution in [0.5, 0.6) is 5.75 Å². The van der Waals surface area contributed by atoms with E-state index >= 15 is 0 Å². The van der Waals surface area contributed by atoms with E-state index in [0.29, 0.717) is 30.2 Å². The molecule has 0 spiro atoms. The van der Waals surface area contributed by atoms with Crippen molar-refractivity contribution in [3.63, 3.8) is 0 Å². The summed E-state index contributed by atoms with van der Waals surface area (Å²) in [6, 6.07) is 7.55. The van der Waals surface area contributed by atoms with Crippen LogP contribution in [0, 0.1) is 0 Å². The van der Waals surface area contributed by atoms with Crippen molar-refractivity contribution in [2.75, 3.05) is 27.4 Å². The van der Waals surface area contributed by atoms with Crippen molar-refractivity contribution in [2.24, 2.45) is 0 Å². The molecule has 2 aromatic heterocycles. The molecule has 7 heteroatoms. The van der Waals surface area contributed by atoms with Crippen LogP contribution in [0.15, 0.2) is 42.9 Å². The Balaban J connectivity index is 1.93. The minimum Gasteiger partial charge on any atom is -0.497 e. The Bertz CT molecular complexity index is 843. The largest absolute Gasteiger partial charge is 0.497 e. The summed E-state index contributed by atoms with van der Waals surface area (Å²) in [7, 11) is 3.21. The topological polar surface area (TPSA) is 77.8 Å². The average Bonchev–Trinajstić information content (AvgIpc) is 3.06. The van der Waals surface area contributed by atoms with E-state index in [2.05, 4.69) is 15.3 Å². The van der Waals surface area contributed by atoms with Crippen LogP contribution >= 0.6 is 0 Å². The summed E-state index contributed by atoms with van der Waals surface area (Å²) in [5.41, 5.74) is 2.57. The Labute approximate surface area is 139 Å². The first-order valence-electron chi connectivity index (χ1n) is 7.48. The quantitative estimate of drug-likeness (QED) is 0.699. The number of carbonyl (C=O) groups excluding carboxylic acids is 1. The second-order valence-corrected chi connectivity index (χ2v) is 5.11. The van der Waals surface area contributed by atoms with Crippen molar-refractivity contribution in [3.8, 4) is 17.0 Å². The number of rotatable bonds is 6. The fraction of sp³-hybridized carbons (Fsp3) is 0.235. The van der Waals surface area contributed by atoms with Crippen LogP contribution in [0.25, 0.3) is 16.9 Å². The number of hydrogen-bond acceptors (Lipinski definition) is 5. The third-order valence-electron chi connectivity index (χ3n) is 3.56. The Hall–Kier alpha value is -2.93. The van der Waals surface area contributed by atoms with Crippen LogP contribution in [-0.2, 0) is 4.74 Å². The van der Waals surface area contributed by atoms with Gasteiger partial charge < -0.3 is 19.2 Å². The van der Waals surface area contributed by atoms with Crippen molar-refractivity contribution in [2.45, 2.75) is 0 Å². The lowest BCUT2D eigenvalue weighted by molar-refractivity contribution is 0.0932. The van der Waals surface area contributed by atoms with E-state index < -0.39 is 0 Å². The van der Waals surface area contributed by atoms with Crippen molar-refractivity contribution in [1.29, 1.82) is 0 Å². The number of methoxy groups -OCH3 is 2. The van der Waals surface area contributed by atoms with Gasteiger partial charge in [0.1, 0.15) is 17.1 Å². The summed E-state index contributed by atoms with van der Waals surface area (Å²) in [5.74, 6) is 0.531. The third kappa shape index (κ3) is 3.21. The molecule has 0 saturated carbocycles. The standard InChI is InChI=1S/C17H18N4O3/c1-23-10-8-19-17(22)14-11-21-9-7-18-15(16(21)20-14)12-3-5-13(24-2)6-4-12/h3-7,9,11H,8,10H2,1-2H3,(H,19,22). The molecule has 0 radical (unpaired) electrons. The van der Waals surface area contributed by atoms with Crippen LogP contribution in [0.2, 0.25) is 0 Å². The van der Waals surface area contributed by atoms with Crippen molar-refractivity contribution < 1.29 is 14.3 Å². The molecule has 0 atom stereocenters. The summed E-state index contributed by atoms with van der Waals surface area (Å²) in [5, 5.41) is 2.76. The molecule has 3 aromatic rings. The lowest BCUT2D eigenvalue weighted by atomic mass is 10.1. The molecule has 1 N–H and O–H groups in total. The number of amides is 1. The molecule has 124 valence electrons. The number of nitrogens with one attached hydrogen (secondary N) is 1. The molecule has 3 rings (SSSR count). The van der Waals surface area contributed by atoms with E-state index in [1.165, 1.54) is 0 Å². The lowest BCUT2D eigenvalue weighted by Gasteiger charge is -2.04. The van der Waals surface area contributed by atoms with Gasteiger partial charge in [-0.1, -0.05) is 0 Å². The zero-order chi connectivity index (χ0) is 16.9.